The Morgan fingerprint density at radius 2 is 1.53 bits per heavy atom. The van der Waals surface area contributed by atoms with Crippen molar-refractivity contribution in [2.45, 2.75) is 109 Å². The molecular weight excluding hydrogens is 512 g/mol. The number of hydrogen-bond acceptors (Lipinski definition) is 6. The van der Waals surface area contributed by atoms with Crippen LogP contribution in [0.3, 0.4) is 0 Å². The zero-order valence-corrected chi connectivity index (χ0v) is 27.1. The topological polar surface area (TPSA) is 82.1 Å². The van der Waals surface area contributed by atoms with Gasteiger partial charge in [-0.05, 0) is 68.2 Å². The molecule has 6 rings (SSSR count). The van der Waals surface area contributed by atoms with Crippen molar-refractivity contribution in [1.29, 1.82) is 0 Å². The number of ether oxygens (including phenoxy) is 1. The zero-order valence-electron chi connectivity index (χ0n) is 25.1. The van der Waals surface area contributed by atoms with Gasteiger partial charge < -0.3 is 18.7 Å². The summed E-state index contributed by atoms with van der Waals surface area (Å²) in [5, 5.41) is 11.5. The first-order valence-corrected chi connectivity index (χ1v) is 20.0. The summed E-state index contributed by atoms with van der Waals surface area (Å²) in [7, 11) is -4.58. The number of carbonyl (C=O) groups excluding carboxylic acids is 2. The van der Waals surface area contributed by atoms with Crippen LogP contribution in [0.2, 0.25) is 36.3 Å². The van der Waals surface area contributed by atoms with Crippen LogP contribution in [0.1, 0.15) is 77.2 Å². The Balaban J connectivity index is 1.79. The molecule has 0 amide bonds. The fraction of sp³-hybridized carbons (Fsp3) is 0.733. The number of ketones is 2. The number of hydrogen-bond donors (Lipinski definition) is 1. The van der Waals surface area contributed by atoms with Gasteiger partial charge in [0.15, 0.2) is 5.78 Å². The zero-order chi connectivity index (χ0) is 28.4. The highest BCUT2D eigenvalue weighted by atomic mass is 28.4. The number of carbonyl (C=O) groups is 2. The first-order chi connectivity index (χ1) is 17.2. The van der Waals surface area contributed by atoms with Crippen molar-refractivity contribution >= 4 is 28.2 Å². The highest BCUT2D eigenvalue weighted by Crippen LogP contribution is 2.74. The minimum absolute atomic E-state index is 0.0428. The Morgan fingerprint density at radius 1 is 1.00 bits per heavy atom. The average molecular weight is 559 g/mol. The van der Waals surface area contributed by atoms with Crippen molar-refractivity contribution in [3.63, 3.8) is 0 Å². The maximum Gasteiger partial charge on any atom is 0.250 e. The van der Waals surface area contributed by atoms with Gasteiger partial charge in [-0.1, -0.05) is 41.5 Å². The minimum atomic E-state index is -2.30. The quantitative estimate of drug-likeness (QED) is 0.417. The standard InChI is InChI=1S/C30H46O6Si2/c1-17(31)29-15-14-19-18(26(29)33)16-34-30(19)23-21(36-38(10,11)28(5,6)7)13-12-20(22(23)24(32)25(29)30)35-37(8,9)27(2,3)4/h12-13,18-19,25-26,33H,14-16H2,1-11H3/t18-,19?,25+,26+,29+,30?/m1/s1. The number of aliphatic hydroxyl groups is 1. The van der Waals surface area contributed by atoms with Crippen molar-refractivity contribution < 1.29 is 28.3 Å². The highest BCUT2D eigenvalue weighted by Gasteiger charge is 2.79. The second-order valence-electron chi connectivity index (χ2n) is 15.3. The molecule has 0 aromatic heterocycles. The lowest BCUT2D eigenvalue weighted by atomic mass is 9.44. The highest BCUT2D eigenvalue weighted by molar-refractivity contribution is 6.75. The van der Waals surface area contributed by atoms with Crippen molar-refractivity contribution in [3.8, 4) is 11.5 Å². The van der Waals surface area contributed by atoms with Crippen LogP contribution in [0.4, 0.5) is 0 Å². The molecule has 4 aliphatic carbocycles. The van der Waals surface area contributed by atoms with E-state index in [2.05, 4.69) is 67.7 Å². The van der Waals surface area contributed by atoms with E-state index in [1.54, 1.807) is 6.92 Å². The molecule has 6 nitrogen and oxygen atoms in total. The summed E-state index contributed by atoms with van der Waals surface area (Å²) < 4.78 is 20.5. The van der Waals surface area contributed by atoms with E-state index in [4.69, 9.17) is 13.6 Å². The van der Waals surface area contributed by atoms with E-state index in [-0.39, 0.29) is 33.5 Å². The molecule has 1 aromatic rings. The molecule has 1 heterocycles. The third-order valence-corrected chi connectivity index (χ3v) is 20.0. The third-order valence-electron chi connectivity index (χ3n) is 11.4. The first-order valence-electron chi connectivity index (χ1n) is 14.2. The van der Waals surface area contributed by atoms with E-state index in [0.29, 0.717) is 30.1 Å². The third kappa shape index (κ3) is 3.35. The van der Waals surface area contributed by atoms with Crippen molar-refractivity contribution in [3.05, 3.63) is 23.3 Å². The largest absolute Gasteiger partial charge is 0.543 e. The number of benzene rings is 1. The summed E-state index contributed by atoms with van der Waals surface area (Å²) >= 11 is 0. The molecular formula is C30H46O6Si2. The van der Waals surface area contributed by atoms with E-state index in [0.717, 1.165) is 12.0 Å². The van der Waals surface area contributed by atoms with Crippen LogP contribution < -0.4 is 8.85 Å². The van der Waals surface area contributed by atoms with Crippen LogP contribution in [0.5, 0.6) is 11.5 Å². The Kier molecular flexibility index (Phi) is 5.94. The Hall–Kier alpha value is -1.49. The van der Waals surface area contributed by atoms with E-state index < -0.39 is 39.7 Å². The van der Waals surface area contributed by atoms with E-state index in [1.165, 1.54) is 0 Å². The summed E-state index contributed by atoms with van der Waals surface area (Å²) in [6.07, 6.45) is 0.376. The molecule has 210 valence electrons. The second-order valence-corrected chi connectivity index (χ2v) is 24.7. The molecule has 1 N–H and O–H groups in total. The number of aliphatic hydroxyl groups excluding tert-OH is 1. The fourth-order valence-electron chi connectivity index (χ4n) is 7.22. The Bertz CT molecular complexity index is 1210. The molecule has 1 spiro atoms. The lowest BCUT2D eigenvalue weighted by Crippen LogP contribution is -2.67. The van der Waals surface area contributed by atoms with E-state index >= 15 is 0 Å². The van der Waals surface area contributed by atoms with Crippen LogP contribution in [0.15, 0.2) is 12.1 Å². The van der Waals surface area contributed by atoms with Crippen molar-refractivity contribution in [2.75, 3.05) is 6.61 Å². The smallest absolute Gasteiger partial charge is 0.250 e. The van der Waals surface area contributed by atoms with E-state index in [9.17, 15) is 14.7 Å². The van der Waals surface area contributed by atoms with Gasteiger partial charge >= 0.3 is 0 Å². The van der Waals surface area contributed by atoms with Crippen LogP contribution in [0.25, 0.3) is 0 Å². The van der Waals surface area contributed by atoms with E-state index in [1.807, 2.05) is 12.1 Å². The van der Waals surface area contributed by atoms with Gasteiger partial charge in [0.1, 0.15) is 22.9 Å². The van der Waals surface area contributed by atoms with Crippen molar-refractivity contribution in [1.82, 2.24) is 0 Å². The summed E-state index contributed by atoms with van der Waals surface area (Å²) in [5.41, 5.74) is -0.819. The molecule has 1 aliphatic heterocycles. The number of rotatable bonds is 5. The molecule has 4 bridgehead atoms. The Labute approximate surface area is 230 Å². The minimum Gasteiger partial charge on any atom is -0.543 e. The summed E-state index contributed by atoms with van der Waals surface area (Å²) in [5.74, 6) is 0.0312. The van der Waals surface area contributed by atoms with Crippen LogP contribution in [-0.4, -0.2) is 46.0 Å². The molecule has 0 radical (unpaired) electrons. The lowest BCUT2D eigenvalue weighted by molar-refractivity contribution is -0.196. The van der Waals surface area contributed by atoms with Crippen LogP contribution in [-0.2, 0) is 15.1 Å². The van der Waals surface area contributed by atoms with Crippen LogP contribution in [0, 0.1) is 23.2 Å². The number of Topliss-reactive ketones (excluding diaryl/α,β-unsaturated/α-hetero) is 2. The molecule has 1 saturated heterocycles. The molecule has 5 aliphatic rings. The monoisotopic (exact) mass is 558 g/mol. The normalized spacial score (nSPS) is 34.3. The first kappa shape index (κ1) is 28.1. The van der Waals surface area contributed by atoms with Gasteiger partial charge in [-0.2, -0.15) is 0 Å². The van der Waals surface area contributed by atoms with Gasteiger partial charge in [-0.15, -0.1) is 0 Å². The van der Waals surface area contributed by atoms with Gasteiger partial charge in [0.2, 0.25) is 8.32 Å². The van der Waals surface area contributed by atoms with Gasteiger partial charge in [-0.3, -0.25) is 9.59 Å². The fourth-order valence-corrected chi connectivity index (χ4v) is 9.27. The summed E-state index contributed by atoms with van der Waals surface area (Å²) in [4.78, 5) is 28.1. The molecule has 38 heavy (non-hydrogen) atoms. The molecule has 1 aromatic carbocycles. The van der Waals surface area contributed by atoms with Gasteiger partial charge in [0.25, 0.3) is 8.32 Å². The lowest BCUT2D eigenvalue weighted by Gasteiger charge is -2.58. The van der Waals surface area contributed by atoms with Crippen LogP contribution >= 0.6 is 0 Å². The van der Waals surface area contributed by atoms with Gasteiger partial charge in [-0.25, -0.2) is 0 Å². The summed E-state index contributed by atoms with van der Waals surface area (Å²) in [6.45, 7) is 23.8. The van der Waals surface area contributed by atoms with Crippen molar-refractivity contribution in [2.24, 2.45) is 23.2 Å². The second kappa shape index (κ2) is 8.05. The predicted molar refractivity (Wildman–Crippen MR) is 153 cm³/mol. The van der Waals surface area contributed by atoms with Gasteiger partial charge in [0, 0.05) is 17.4 Å². The molecule has 2 unspecified atom stereocenters. The Morgan fingerprint density at radius 3 is 2.05 bits per heavy atom. The molecule has 8 heteroatoms. The number of fused-ring (bicyclic) bond motifs is 2. The summed E-state index contributed by atoms with van der Waals surface area (Å²) in [6, 6.07) is 3.88. The SMILES string of the molecule is CC(=O)[C@@]12CCC3[C@@H](COC34c3c(O[Si](C)(C)C(C)(C)C)ccc(O[Si](C)(C)C(C)(C)C)c3C(=O)[C@H]41)[C@@H]2O. The van der Waals surface area contributed by atoms with Gasteiger partial charge in [0.05, 0.1) is 29.6 Å². The maximum atomic E-state index is 14.7. The average Bonchev–Trinajstić information content (AvgIpc) is 3.25. The molecule has 6 atom stereocenters. The molecule has 3 saturated carbocycles. The molecule has 4 fully saturated rings. The maximum absolute atomic E-state index is 14.7. The predicted octanol–water partition coefficient (Wildman–Crippen LogP) is 6.47.